The van der Waals surface area contributed by atoms with Gasteiger partial charge in [0.05, 0.1) is 7.11 Å². The Kier molecular flexibility index (Phi) is 3.63. The summed E-state index contributed by atoms with van der Waals surface area (Å²) in [5.74, 6) is -1.30. The summed E-state index contributed by atoms with van der Waals surface area (Å²) in [6.07, 6.45) is 0. The van der Waals surface area contributed by atoms with Gasteiger partial charge in [0.15, 0.2) is 0 Å². The van der Waals surface area contributed by atoms with Gasteiger partial charge >= 0.3 is 11.2 Å². The first-order valence-electron chi connectivity index (χ1n) is 2.64. The number of thioether (sulfide) groups is 1. The van der Waals surface area contributed by atoms with Crippen molar-refractivity contribution in [2.24, 2.45) is 0 Å². The average molecular weight is 170 g/mol. The molecule has 5 heteroatoms. The minimum absolute atomic E-state index is 0.183. The van der Waals surface area contributed by atoms with Gasteiger partial charge in [-0.05, 0) is 5.75 Å². The van der Waals surface area contributed by atoms with Crippen molar-refractivity contribution < 1.29 is 18.3 Å². The van der Waals surface area contributed by atoms with Crippen LogP contribution in [-0.2, 0) is 9.53 Å². The molecule has 0 aliphatic carbocycles. The van der Waals surface area contributed by atoms with E-state index in [0.29, 0.717) is 0 Å². The van der Waals surface area contributed by atoms with Crippen molar-refractivity contribution in [3.63, 3.8) is 0 Å². The highest BCUT2D eigenvalue weighted by atomic mass is 32.2. The van der Waals surface area contributed by atoms with Crippen molar-refractivity contribution in [3.8, 4) is 0 Å². The number of esters is 1. The van der Waals surface area contributed by atoms with Gasteiger partial charge in [-0.15, -0.1) is 0 Å². The molecule has 0 radical (unpaired) electrons. The van der Waals surface area contributed by atoms with E-state index >= 15 is 0 Å². The van der Waals surface area contributed by atoms with Gasteiger partial charge in [0.25, 0.3) is 0 Å². The second kappa shape index (κ2) is 3.75. The van der Waals surface area contributed by atoms with Gasteiger partial charge in [0, 0.05) is 0 Å². The summed E-state index contributed by atoms with van der Waals surface area (Å²) >= 11 is 0.258. The van der Waals surface area contributed by atoms with Gasteiger partial charge in [0.1, 0.15) is 0 Å². The summed E-state index contributed by atoms with van der Waals surface area (Å²) < 4.78 is 28.5. The fraction of sp³-hybridized carbons (Fsp3) is 0.800. The van der Waals surface area contributed by atoms with Gasteiger partial charge in [-0.1, -0.05) is 18.7 Å². The van der Waals surface area contributed by atoms with E-state index in [1.165, 1.54) is 0 Å². The average Bonchev–Trinajstić information content (AvgIpc) is 1.86. The molecule has 0 saturated carbocycles. The first kappa shape index (κ1) is 9.68. The van der Waals surface area contributed by atoms with Crippen LogP contribution in [0.5, 0.6) is 0 Å². The second-order valence-corrected chi connectivity index (χ2v) is 2.82. The Labute approximate surface area is 61.9 Å². The van der Waals surface area contributed by atoms with Gasteiger partial charge in [0.2, 0.25) is 0 Å². The molecule has 0 aliphatic rings. The molecule has 0 aliphatic heterocycles. The van der Waals surface area contributed by atoms with Crippen LogP contribution in [0.15, 0.2) is 0 Å². The van der Waals surface area contributed by atoms with Crippen molar-refractivity contribution in [2.45, 2.75) is 12.2 Å². The Morgan fingerprint density at radius 1 is 1.70 bits per heavy atom. The van der Waals surface area contributed by atoms with Crippen LogP contribution in [0.25, 0.3) is 0 Å². The van der Waals surface area contributed by atoms with E-state index in [0.717, 1.165) is 7.11 Å². The molecule has 0 aromatic heterocycles. The molecule has 0 unspecified atom stereocenters. The predicted octanol–water partition coefficient (Wildman–Crippen LogP) is 1.51. The third kappa shape index (κ3) is 2.51. The van der Waals surface area contributed by atoms with Gasteiger partial charge in [-0.2, -0.15) is 8.78 Å². The molecule has 0 saturated heterocycles. The molecule has 0 fully saturated rings. The maximum absolute atomic E-state index is 12.3. The Balaban J connectivity index is 3.96. The molecule has 0 heterocycles. The molecular formula is C5H8F2O2S. The minimum Gasteiger partial charge on any atom is -0.464 e. The highest BCUT2D eigenvalue weighted by molar-refractivity contribution is 8.01. The standard InChI is InChI=1S/C5H8F2O2S/c1-3-10-5(6,7)4(8)9-2/h3H2,1-2H3. The third-order valence-corrected chi connectivity index (χ3v) is 1.57. The first-order chi connectivity index (χ1) is 4.54. The lowest BCUT2D eigenvalue weighted by molar-refractivity contribution is -0.156. The van der Waals surface area contributed by atoms with Crippen LogP contribution < -0.4 is 0 Å². The molecule has 0 N–H and O–H groups in total. The van der Waals surface area contributed by atoms with E-state index in [-0.39, 0.29) is 17.5 Å². The molecule has 60 valence electrons. The van der Waals surface area contributed by atoms with Crippen molar-refractivity contribution in [1.29, 1.82) is 0 Å². The van der Waals surface area contributed by atoms with Crippen molar-refractivity contribution in [3.05, 3.63) is 0 Å². The maximum atomic E-state index is 12.3. The Morgan fingerprint density at radius 2 is 2.20 bits per heavy atom. The van der Waals surface area contributed by atoms with Crippen LogP contribution in [0.4, 0.5) is 8.78 Å². The van der Waals surface area contributed by atoms with Gasteiger partial charge in [-0.25, -0.2) is 4.79 Å². The molecule has 0 spiro atoms. The normalized spacial score (nSPS) is 11.2. The maximum Gasteiger partial charge on any atom is 0.388 e. The minimum atomic E-state index is -3.39. The van der Waals surface area contributed by atoms with Gasteiger partial charge in [-0.3, -0.25) is 0 Å². The summed E-state index contributed by atoms with van der Waals surface area (Å²) in [4.78, 5) is 10.2. The van der Waals surface area contributed by atoms with E-state index in [1.54, 1.807) is 6.92 Å². The molecule has 0 aromatic rings. The van der Waals surface area contributed by atoms with Crippen LogP contribution in [0.2, 0.25) is 0 Å². The lowest BCUT2D eigenvalue weighted by Gasteiger charge is -2.10. The monoisotopic (exact) mass is 170 g/mol. The lowest BCUT2D eigenvalue weighted by atomic mass is 10.7. The SMILES string of the molecule is CCSC(F)(F)C(=O)OC. The Bertz CT molecular complexity index is 127. The largest absolute Gasteiger partial charge is 0.464 e. The zero-order valence-corrected chi connectivity index (χ0v) is 6.50. The number of carbonyl (C=O) groups is 1. The van der Waals surface area contributed by atoms with Crippen LogP contribution >= 0.6 is 11.8 Å². The fourth-order valence-electron chi connectivity index (χ4n) is 0.359. The van der Waals surface area contributed by atoms with E-state index in [9.17, 15) is 13.6 Å². The van der Waals surface area contributed by atoms with Crippen molar-refractivity contribution >= 4 is 17.7 Å². The lowest BCUT2D eigenvalue weighted by Crippen LogP contribution is -2.25. The molecular weight excluding hydrogens is 162 g/mol. The zero-order valence-electron chi connectivity index (χ0n) is 5.69. The second-order valence-electron chi connectivity index (χ2n) is 1.44. The van der Waals surface area contributed by atoms with E-state index in [1.807, 2.05) is 0 Å². The van der Waals surface area contributed by atoms with Crippen LogP contribution in [0, 0.1) is 0 Å². The smallest absolute Gasteiger partial charge is 0.388 e. The van der Waals surface area contributed by atoms with Crippen LogP contribution in [0.3, 0.4) is 0 Å². The Hall–Kier alpha value is -0.320. The number of carbonyl (C=O) groups excluding carboxylic acids is 1. The fourth-order valence-corrected chi connectivity index (χ4v) is 0.923. The highest BCUT2D eigenvalue weighted by Crippen LogP contribution is 2.29. The summed E-state index contributed by atoms with van der Waals surface area (Å²) in [7, 11) is 0.937. The number of hydrogen-bond acceptors (Lipinski definition) is 3. The zero-order chi connectivity index (χ0) is 8.20. The van der Waals surface area contributed by atoms with E-state index in [4.69, 9.17) is 0 Å². The summed E-state index contributed by atoms with van der Waals surface area (Å²) in [5.41, 5.74) is 0. The molecule has 0 atom stereocenters. The molecule has 0 aromatic carbocycles. The van der Waals surface area contributed by atoms with Crippen molar-refractivity contribution in [2.75, 3.05) is 12.9 Å². The quantitative estimate of drug-likeness (QED) is 0.600. The summed E-state index contributed by atoms with van der Waals surface area (Å²) in [6, 6.07) is 0. The third-order valence-electron chi connectivity index (χ3n) is 0.749. The number of methoxy groups -OCH3 is 1. The van der Waals surface area contributed by atoms with Crippen LogP contribution in [0.1, 0.15) is 6.92 Å². The molecule has 0 bridgehead atoms. The summed E-state index contributed by atoms with van der Waals surface area (Å²) in [6.45, 7) is 1.54. The Morgan fingerprint density at radius 3 is 2.50 bits per heavy atom. The van der Waals surface area contributed by atoms with E-state index < -0.39 is 11.2 Å². The number of ether oxygens (including phenoxy) is 1. The highest BCUT2D eigenvalue weighted by Gasteiger charge is 2.39. The number of hydrogen-bond donors (Lipinski definition) is 0. The predicted molar refractivity (Wildman–Crippen MR) is 35.1 cm³/mol. The van der Waals surface area contributed by atoms with Crippen LogP contribution in [-0.4, -0.2) is 24.1 Å². The molecule has 10 heavy (non-hydrogen) atoms. The van der Waals surface area contributed by atoms with Crippen molar-refractivity contribution in [1.82, 2.24) is 0 Å². The van der Waals surface area contributed by atoms with E-state index in [2.05, 4.69) is 4.74 Å². The number of halogens is 2. The summed E-state index contributed by atoms with van der Waals surface area (Å²) in [5, 5.41) is -3.39. The molecule has 2 nitrogen and oxygen atoms in total. The molecule has 0 rings (SSSR count). The molecule has 0 amide bonds. The van der Waals surface area contributed by atoms with Gasteiger partial charge < -0.3 is 4.74 Å². The number of rotatable bonds is 3. The first-order valence-corrected chi connectivity index (χ1v) is 3.63. The topological polar surface area (TPSA) is 26.3 Å². The number of alkyl halides is 2.